The van der Waals surface area contributed by atoms with Crippen LogP contribution in [-0.4, -0.2) is 21.7 Å². The van der Waals surface area contributed by atoms with E-state index in [0.29, 0.717) is 17.1 Å². The third kappa shape index (κ3) is 2.78. The minimum Gasteiger partial charge on any atom is -0.396 e. The quantitative estimate of drug-likeness (QED) is 0.736. The topological polar surface area (TPSA) is 63.3 Å². The van der Waals surface area contributed by atoms with Gasteiger partial charge in [-0.25, -0.2) is 4.39 Å². The molecule has 0 heterocycles. The van der Waals surface area contributed by atoms with Crippen LogP contribution in [0.1, 0.15) is 6.42 Å². The molecule has 3 nitrogen and oxygen atoms in total. The molecule has 0 aliphatic rings. The maximum atomic E-state index is 13.0. The Balaban J connectivity index is 2.76. The Morgan fingerprint density at radius 3 is 2.79 bits per heavy atom. The van der Waals surface area contributed by atoms with Gasteiger partial charge >= 0.3 is 0 Å². The highest BCUT2D eigenvalue weighted by Crippen LogP contribution is 2.15. The van der Waals surface area contributed by atoms with Crippen molar-refractivity contribution < 1.29 is 13.7 Å². The summed E-state index contributed by atoms with van der Waals surface area (Å²) in [5, 5.41) is 8.53. The average molecular weight is 217 g/mol. The summed E-state index contributed by atoms with van der Waals surface area (Å²) in [6, 6.07) is 4.09. The zero-order chi connectivity index (χ0) is 10.6. The smallest absolute Gasteiger partial charge is 0.147 e. The van der Waals surface area contributed by atoms with Gasteiger partial charge in [-0.2, -0.15) is 0 Å². The molecular weight excluding hydrogens is 205 g/mol. The first-order valence-corrected chi connectivity index (χ1v) is 5.51. The number of hydrogen-bond donors (Lipinski definition) is 2. The number of nitrogens with two attached hydrogens (primary N) is 1. The molecule has 0 radical (unpaired) electrons. The van der Waals surface area contributed by atoms with Crippen LogP contribution in [0, 0.1) is 5.82 Å². The molecule has 0 fully saturated rings. The first-order valence-electron chi connectivity index (χ1n) is 4.19. The van der Waals surface area contributed by atoms with Gasteiger partial charge in [-0.1, -0.05) is 0 Å². The van der Waals surface area contributed by atoms with Crippen LogP contribution in [0.3, 0.4) is 0 Å². The van der Waals surface area contributed by atoms with Crippen molar-refractivity contribution in [3.63, 3.8) is 0 Å². The van der Waals surface area contributed by atoms with Gasteiger partial charge in [0.2, 0.25) is 0 Å². The summed E-state index contributed by atoms with van der Waals surface area (Å²) in [6.45, 7) is -0.0107. The molecule has 0 aliphatic carbocycles. The third-order valence-electron chi connectivity index (χ3n) is 1.72. The van der Waals surface area contributed by atoms with Gasteiger partial charge in [-0.15, -0.1) is 0 Å². The van der Waals surface area contributed by atoms with Crippen molar-refractivity contribution in [1.29, 1.82) is 0 Å². The highest BCUT2D eigenvalue weighted by atomic mass is 32.2. The van der Waals surface area contributed by atoms with Crippen LogP contribution in [0.4, 0.5) is 10.1 Å². The fourth-order valence-corrected chi connectivity index (χ4v) is 2.04. The molecule has 1 aromatic carbocycles. The van der Waals surface area contributed by atoms with E-state index >= 15 is 0 Å². The number of nitrogen functional groups attached to an aromatic ring is 1. The minimum atomic E-state index is -1.26. The summed E-state index contributed by atoms with van der Waals surface area (Å²) in [5.41, 5.74) is 5.32. The van der Waals surface area contributed by atoms with E-state index in [1.165, 1.54) is 18.2 Å². The Morgan fingerprint density at radius 2 is 2.21 bits per heavy atom. The predicted octanol–water partition coefficient (Wildman–Crippen LogP) is 0.898. The monoisotopic (exact) mass is 217 g/mol. The Hall–Kier alpha value is -0.940. The molecular formula is C9H12FNO2S. The number of rotatable bonds is 4. The lowest BCUT2D eigenvalue weighted by Gasteiger charge is -2.02. The average Bonchev–Trinajstić information content (AvgIpc) is 2.18. The van der Waals surface area contributed by atoms with Gasteiger partial charge in [-0.05, 0) is 24.6 Å². The van der Waals surface area contributed by atoms with Crippen LogP contribution < -0.4 is 5.73 Å². The third-order valence-corrected chi connectivity index (χ3v) is 3.16. The lowest BCUT2D eigenvalue weighted by molar-refractivity contribution is 0.296. The lowest BCUT2D eigenvalue weighted by atomic mass is 10.3. The largest absolute Gasteiger partial charge is 0.396 e. The number of anilines is 1. The van der Waals surface area contributed by atoms with E-state index in [2.05, 4.69) is 0 Å². The zero-order valence-electron chi connectivity index (χ0n) is 7.57. The maximum absolute atomic E-state index is 13.0. The van der Waals surface area contributed by atoms with Gasteiger partial charge in [0, 0.05) is 17.3 Å². The van der Waals surface area contributed by atoms with E-state index in [-0.39, 0.29) is 12.3 Å². The minimum absolute atomic E-state index is 0.0107. The van der Waals surface area contributed by atoms with E-state index in [0.717, 1.165) is 0 Å². The van der Waals surface area contributed by atoms with Crippen LogP contribution in [0.15, 0.2) is 23.1 Å². The van der Waals surface area contributed by atoms with Crippen molar-refractivity contribution in [2.24, 2.45) is 0 Å². The normalized spacial score (nSPS) is 12.7. The summed E-state index contributed by atoms with van der Waals surface area (Å²) in [6.07, 6.45) is 0.443. The molecule has 0 bridgehead atoms. The second-order valence-corrected chi connectivity index (χ2v) is 4.38. The number of aliphatic hydroxyl groups is 1. The molecule has 1 atom stereocenters. The molecule has 78 valence electrons. The van der Waals surface area contributed by atoms with Crippen LogP contribution in [0.25, 0.3) is 0 Å². The van der Waals surface area contributed by atoms with Crippen LogP contribution in [0.2, 0.25) is 0 Å². The molecule has 0 aliphatic heterocycles. The molecule has 5 heteroatoms. The molecule has 0 spiro atoms. The van der Waals surface area contributed by atoms with Gasteiger partial charge in [0.25, 0.3) is 0 Å². The lowest BCUT2D eigenvalue weighted by Crippen LogP contribution is -2.01. The Bertz CT molecular complexity index is 344. The number of benzene rings is 1. The predicted molar refractivity (Wildman–Crippen MR) is 53.8 cm³/mol. The Morgan fingerprint density at radius 1 is 1.50 bits per heavy atom. The highest BCUT2D eigenvalue weighted by molar-refractivity contribution is 7.85. The van der Waals surface area contributed by atoms with Gasteiger partial charge in [0.15, 0.2) is 0 Å². The van der Waals surface area contributed by atoms with Crippen molar-refractivity contribution in [2.45, 2.75) is 11.3 Å². The van der Waals surface area contributed by atoms with E-state index in [9.17, 15) is 8.60 Å². The Labute approximate surface area is 84.2 Å². The molecule has 1 aromatic rings. The summed E-state index contributed by atoms with van der Waals surface area (Å²) >= 11 is 0. The molecule has 1 unspecified atom stereocenters. The number of hydrogen-bond acceptors (Lipinski definition) is 3. The van der Waals surface area contributed by atoms with Gasteiger partial charge in [0.05, 0.1) is 16.5 Å². The number of halogens is 1. The summed E-state index contributed by atoms with van der Waals surface area (Å²) in [7, 11) is -1.26. The molecule has 0 saturated carbocycles. The van der Waals surface area contributed by atoms with E-state index in [1.807, 2.05) is 0 Å². The van der Waals surface area contributed by atoms with Crippen LogP contribution in [-0.2, 0) is 10.8 Å². The highest BCUT2D eigenvalue weighted by Gasteiger charge is 2.06. The maximum Gasteiger partial charge on any atom is 0.147 e. The molecule has 1 rings (SSSR count). The van der Waals surface area contributed by atoms with Gasteiger partial charge in [-0.3, -0.25) is 4.21 Å². The molecule has 0 saturated heterocycles. The molecule has 0 aromatic heterocycles. The van der Waals surface area contributed by atoms with E-state index in [4.69, 9.17) is 10.8 Å². The summed E-state index contributed by atoms with van der Waals surface area (Å²) in [4.78, 5) is 0.408. The summed E-state index contributed by atoms with van der Waals surface area (Å²) in [5.74, 6) is -0.223. The van der Waals surface area contributed by atoms with Gasteiger partial charge in [0.1, 0.15) is 5.82 Å². The molecule has 14 heavy (non-hydrogen) atoms. The second kappa shape index (κ2) is 5.07. The van der Waals surface area contributed by atoms with E-state index < -0.39 is 16.6 Å². The van der Waals surface area contributed by atoms with Crippen LogP contribution in [0.5, 0.6) is 0 Å². The molecule has 3 N–H and O–H groups in total. The first-order chi connectivity index (χ1) is 6.65. The van der Waals surface area contributed by atoms with Crippen LogP contribution >= 0.6 is 0 Å². The standard InChI is InChI=1S/C9H12FNO2S/c10-8-6-7(2-3-9(8)11)14(13)5-1-4-12/h2-3,6,12H,1,4-5,11H2. The zero-order valence-corrected chi connectivity index (χ0v) is 8.39. The summed E-state index contributed by atoms with van der Waals surface area (Å²) < 4.78 is 24.4. The SMILES string of the molecule is Nc1ccc(S(=O)CCCO)cc1F. The fourth-order valence-electron chi connectivity index (χ4n) is 0.963. The van der Waals surface area contributed by atoms with Crippen molar-refractivity contribution in [1.82, 2.24) is 0 Å². The molecule has 0 amide bonds. The van der Waals surface area contributed by atoms with Gasteiger partial charge < -0.3 is 10.8 Å². The van der Waals surface area contributed by atoms with Crippen molar-refractivity contribution in [2.75, 3.05) is 18.1 Å². The van der Waals surface area contributed by atoms with Crippen molar-refractivity contribution >= 4 is 16.5 Å². The second-order valence-electron chi connectivity index (χ2n) is 2.81. The van der Waals surface area contributed by atoms with Crippen molar-refractivity contribution in [3.8, 4) is 0 Å². The Kier molecular flexibility index (Phi) is 4.03. The van der Waals surface area contributed by atoms with Crippen molar-refractivity contribution in [3.05, 3.63) is 24.0 Å². The number of aliphatic hydroxyl groups excluding tert-OH is 1. The fraction of sp³-hybridized carbons (Fsp3) is 0.333. The van der Waals surface area contributed by atoms with E-state index in [1.54, 1.807) is 0 Å². The first kappa shape index (κ1) is 11.1.